The van der Waals surface area contributed by atoms with Crippen molar-refractivity contribution in [2.24, 2.45) is 17.3 Å². The predicted octanol–water partition coefficient (Wildman–Crippen LogP) is 9.00. The van der Waals surface area contributed by atoms with E-state index in [9.17, 15) is 0 Å². The Balaban J connectivity index is 1.98. The molecule has 1 saturated carbocycles. The van der Waals surface area contributed by atoms with E-state index in [0.717, 1.165) is 12.1 Å². The predicted molar refractivity (Wildman–Crippen MR) is 162 cm³/mol. The van der Waals surface area contributed by atoms with Gasteiger partial charge in [-0.3, -0.25) is 0 Å². The summed E-state index contributed by atoms with van der Waals surface area (Å²) in [6.45, 7) is 11.7. The minimum absolute atomic E-state index is 0.392. The normalized spacial score (nSPS) is 22.0. The summed E-state index contributed by atoms with van der Waals surface area (Å²) in [6.07, 6.45) is 23.2. The van der Waals surface area contributed by atoms with E-state index in [0.29, 0.717) is 11.3 Å². The molecule has 0 radical (unpaired) electrons. The fourth-order valence-corrected chi connectivity index (χ4v) is 9.67. The summed E-state index contributed by atoms with van der Waals surface area (Å²) in [5, 5.41) is 2.91. The van der Waals surface area contributed by atoms with Gasteiger partial charge in [-0.05, 0) is 0 Å². The van der Waals surface area contributed by atoms with E-state index >= 15 is 0 Å². The Morgan fingerprint density at radius 2 is 1.51 bits per heavy atom. The molecule has 0 aliphatic heterocycles. The average molecular weight is 485 g/mol. The molecule has 3 rings (SSSR count). The zero-order chi connectivity index (χ0) is 25.2. The average Bonchev–Trinajstić information content (AvgIpc) is 2.86. The summed E-state index contributed by atoms with van der Waals surface area (Å²) in [7, 11) is -2.15. The minimum atomic E-state index is -2.15. The van der Waals surface area contributed by atoms with Crippen LogP contribution in [-0.4, -0.2) is 6.16 Å². The molecule has 1 aliphatic rings. The second kappa shape index (κ2) is 13.0. The summed E-state index contributed by atoms with van der Waals surface area (Å²) >= 11 is 0. The van der Waals surface area contributed by atoms with Crippen molar-refractivity contribution < 1.29 is 0 Å². The van der Waals surface area contributed by atoms with Crippen molar-refractivity contribution in [3.63, 3.8) is 0 Å². The van der Waals surface area contributed by atoms with Gasteiger partial charge in [-0.25, -0.2) is 0 Å². The molecule has 1 fully saturated rings. The zero-order valence-electron chi connectivity index (χ0n) is 22.5. The number of hydrogen-bond acceptors (Lipinski definition) is 0. The SMILES string of the molecule is C\C=C/C=C\C=C\[PH](C/C=C(C)\C=C\C1C(C)CCCC1(C)C)(c1ccccc1)c1ccccc1. The van der Waals surface area contributed by atoms with Crippen LogP contribution in [0.25, 0.3) is 0 Å². The molecule has 35 heavy (non-hydrogen) atoms. The molecule has 0 spiro atoms. The Morgan fingerprint density at radius 1 is 0.914 bits per heavy atom. The molecule has 0 amide bonds. The third-order valence-electron chi connectivity index (χ3n) is 7.79. The second-order valence-electron chi connectivity index (χ2n) is 10.9. The van der Waals surface area contributed by atoms with Crippen molar-refractivity contribution in [2.75, 3.05) is 6.16 Å². The first-order chi connectivity index (χ1) is 16.9. The number of benzene rings is 2. The fourth-order valence-electron chi connectivity index (χ4n) is 5.68. The molecule has 2 unspecified atom stereocenters. The molecule has 0 aromatic heterocycles. The number of rotatable bonds is 9. The van der Waals surface area contributed by atoms with Gasteiger partial charge in [0.15, 0.2) is 0 Å². The molecule has 2 atom stereocenters. The molecule has 186 valence electrons. The molecule has 0 N–H and O–H groups in total. The van der Waals surface area contributed by atoms with Gasteiger partial charge in [0, 0.05) is 0 Å². The van der Waals surface area contributed by atoms with Crippen LogP contribution in [0.5, 0.6) is 0 Å². The monoisotopic (exact) mass is 484 g/mol. The first-order valence-corrected chi connectivity index (χ1v) is 15.6. The van der Waals surface area contributed by atoms with Gasteiger partial charge in [-0.1, -0.05) is 0 Å². The zero-order valence-corrected chi connectivity index (χ0v) is 23.5. The van der Waals surface area contributed by atoms with E-state index in [1.54, 1.807) is 0 Å². The van der Waals surface area contributed by atoms with Crippen LogP contribution in [0.2, 0.25) is 0 Å². The second-order valence-corrected chi connectivity index (χ2v) is 14.7. The van der Waals surface area contributed by atoms with E-state index < -0.39 is 7.26 Å². The quantitative estimate of drug-likeness (QED) is 0.246. The van der Waals surface area contributed by atoms with E-state index in [4.69, 9.17) is 0 Å². The Bertz CT molecular complexity index is 1010. The molecule has 1 aliphatic carbocycles. The van der Waals surface area contributed by atoms with Crippen molar-refractivity contribution >= 4 is 17.9 Å². The standard InChI is InChI=1S/C34H45P/c1-6-7-8-9-16-27-35(31-19-12-10-13-20-31,32-21-14-11-15-22-32)28-25-29(2)23-24-33-30(3)18-17-26-34(33,4)5/h6-16,19-25,27,30,33,35H,17-18,26,28H2,1-5H3/b7-6-,9-8-,24-23+,27-16+,29-25-. The fraction of sp³-hybridized carbons (Fsp3) is 0.353. The molecule has 0 nitrogen and oxygen atoms in total. The van der Waals surface area contributed by atoms with Gasteiger partial charge in [-0.2, -0.15) is 0 Å². The van der Waals surface area contributed by atoms with E-state index in [1.807, 2.05) is 0 Å². The van der Waals surface area contributed by atoms with Crippen LogP contribution in [0.3, 0.4) is 0 Å². The molecular weight excluding hydrogens is 439 g/mol. The van der Waals surface area contributed by atoms with Crippen molar-refractivity contribution in [1.82, 2.24) is 0 Å². The molecule has 1 heteroatoms. The van der Waals surface area contributed by atoms with Gasteiger partial charge in [0.05, 0.1) is 0 Å². The van der Waals surface area contributed by atoms with Gasteiger partial charge >= 0.3 is 216 Å². The van der Waals surface area contributed by atoms with Gasteiger partial charge in [-0.15, -0.1) is 0 Å². The topological polar surface area (TPSA) is 0 Å². The third-order valence-corrected chi connectivity index (χ3v) is 12.1. The Hall–Kier alpha value is -2.43. The maximum absolute atomic E-state index is 2.51. The van der Waals surface area contributed by atoms with Crippen LogP contribution in [-0.2, 0) is 0 Å². The molecule has 0 saturated heterocycles. The van der Waals surface area contributed by atoms with Crippen molar-refractivity contribution in [2.45, 2.75) is 53.9 Å². The Labute approximate surface area is 215 Å². The van der Waals surface area contributed by atoms with Crippen molar-refractivity contribution in [1.29, 1.82) is 0 Å². The molecule has 2 aromatic carbocycles. The molecular formula is C34H45P. The van der Waals surface area contributed by atoms with Gasteiger partial charge in [0.1, 0.15) is 0 Å². The summed E-state index contributed by atoms with van der Waals surface area (Å²) < 4.78 is 0. The van der Waals surface area contributed by atoms with E-state index in [1.165, 1.54) is 35.4 Å². The number of allylic oxidation sites excluding steroid dienone is 9. The van der Waals surface area contributed by atoms with Gasteiger partial charge in [0.25, 0.3) is 0 Å². The van der Waals surface area contributed by atoms with Crippen LogP contribution < -0.4 is 10.6 Å². The van der Waals surface area contributed by atoms with E-state index in [2.05, 4.69) is 150 Å². The van der Waals surface area contributed by atoms with Crippen LogP contribution in [0.4, 0.5) is 0 Å². The summed E-state index contributed by atoms with van der Waals surface area (Å²) in [6, 6.07) is 22.3. The van der Waals surface area contributed by atoms with Crippen LogP contribution >= 0.6 is 7.26 Å². The first kappa shape index (κ1) is 27.2. The molecule has 0 heterocycles. The molecule has 0 bridgehead atoms. The summed E-state index contributed by atoms with van der Waals surface area (Å²) in [5.41, 5.74) is 1.77. The third kappa shape index (κ3) is 7.28. The maximum atomic E-state index is 2.51. The van der Waals surface area contributed by atoms with Crippen molar-refractivity contribution in [3.05, 3.63) is 121 Å². The van der Waals surface area contributed by atoms with Crippen LogP contribution in [0.15, 0.2) is 121 Å². The van der Waals surface area contributed by atoms with Crippen LogP contribution in [0.1, 0.15) is 53.9 Å². The van der Waals surface area contributed by atoms with Crippen molar-refractivity contribution in [3.8, 4) is 0 Å². The summed E-state index contributed by atoms with van der Waals surface area (Å²) in [4.78, 5) is 0. The Morgan fingerprint density at radius 3 is 2.09 bits per heavy atom. The Kier molecular flexibility index (Phi) is 10.1. The van der Waals surface area contributed by atoms with Gasteiger partial charge in [0.2, 0.25) is 0 Å². The first-order valence-electron chi connectivity index (χ1n) is 13.3. The van der Waals surface area contributed by atoms with Gasteiger partial charge < -0.3 is 0 Å². The van der Waals surface area contributed by atoms with Crippen LogP contribution in [0, 0.1) is 17.3 Å². The number of hydrogen-bond donors (Lipinski definition) is 0. The molecule has 2 aromatic rings. The summed E-state index contributed by atoms with van der Waals surface area (Å²) in [5.74, 6) is 3.93. The van der Waals surface area contributed by atoms with E-state index in [-0.39, 0.29) is 0 Å².